The van der Waals surface area contributed by atoms with Crippen LogP contribution in [0.5, 0.6) is 11.5 Å². The summed E-state index contributed by atoms with van der Waals surface area (Å²) in [7, 11) is 3.14. The molecule has 0 radical (unpaired) electrons. The van der Waals surface area contributed by atoms with Gasteiger partial charge in [0, 0.05) is 10.9 Å². The highest BCUT2D eigenvalue weighted by molar-refractivity contribution is 7.14. The summed E-state index contributed by atoms with van der Waals surface area (Å²) in [6.07, 6.45) is -0.655. The number of aromatic nitrogens is 1. The van der Waals surface area contributed by atoms with Crippen LogP contribution in [0.3, 0.4) is 0 Å². The molecule has 2 N–H and O–H groups in total. The largest absolute Gasteiger partial charge is 0.493 e. The van der Waals surface area contributed by atoms with Gasteiger partial charge in [0.1, 0.15) is 12.6 Å². The van der Waals surface area contributed by atoms with Crippen LogP contribution in [0.2, 0.25) is 0 Å². The molecule has 0 fully saturated rings. The molecule has 2 aromatic carbocycles. The van der Waals surface area contributed by atoms with E-state index in [1.54, 1.807) is 20.3 Å². The van der Waals surface area contributed by atoms with E-state index in [0.717, 1.165) is 11.1 Å². The predicted octanol–water partition coefficient (Wildman–Crippen LogP) is 4.72. The van der Waals surface area contributed by atoms with E-state index >= 15 is 0 Å². The number of ether oxygens (including phenoxy) is 3. The highest BCUT2D eigenvalue weighted by atomic mass is 32.1. The second kappa shape index (κ2) is 11.3. The van der Waals surface area contributed by atoms with Crippen LogP contribution in [-0.4, -0.2) is 37.2 Å². The molecule has 3 aromatic rings. The van der Waals surface area contributed by atoms with Crippen LogP contribution in [0.15, 0.2) is 53.9 Å². The van der Waals surface area contributed by atoms with Crippen molar-refractivity contribution in [2.24, 2.45) is 5.92 Å². The van der Waals surface area contributed by atoms with Crippen LogP contribution in [0.4, 0.5) is 9.93 Å². The van der Waals surface area contributed by atoms with Crippen molar-refractivity contribution < 1.29 is 23.8 Å². The van der Waals surface area contributed by atoms with Crippen LogP contribution in [0.1, 0.15) is 19.4 Å². The van der Waals surface area contributed by atoms with Gasteiger partial charge in [0.2, 0.25) is 5.91 Å². The van der Waals surface area contributed by atoms with E-state index in [4.69, 9.17) is 14.2 Å². The molecule has 1 atom stereocenters. The van der Waals surface area contributed by atoms with Crippen molar-refractivity contribution in [1.29, 1.82) is 0 Å². The van der Waals surface area contributed by atoms with E-state index in [0.29, 0.717) is 22.3 Å². The van der Waals surface area contributed by atoms with Gasteiger partial charge < -0.3 is 24.8 Å². The molecule has 0 bridgehead atoms. The summed E-state index contributed by atoms with van der Waals surface area (Å²) in [6, 6.07) is 14.0. The minimum absolute atomic E-state index is 0.125. The summed E-state index contributed by atoms with van der Waals surface area (Å²) in [5.74, 6) is 0.691. The Morgan fingerprint density at radius 2 is 1.76 bits per heavy atom. The number of hydrogen-bond donors (Lipinski definition) is 2. The monoisotopic (exact) mass is 469 g/mol. The summed E-state index contributed by atoms with van der Waals surface area (Å²) < 4.78 is 15.9. The summed E-state index contributed by atoms with van der Waals surface area (Å²) in [4.78, 5) is 29.6. The van der Waals surface area contributed by atoms with Crippen LogP contribution in [0.25, 0.3) is 11.3 Å². The van der Waals surface area contributed by atoms with Gasteiger partial charge in [0.05, 0.1) is 19.9 Å². The minimum atomic E-state index is -0.776. The first kappa shape index (κ1) is 24.1. The number of nitrogens with one attached hydrogen (secondary N) is 2. The molecule has 1 heterocycles. The van der Waals surface area contributed by atoms with Gasteiger partial charge in [-0.05, 0) is 29.7 Å². The molecule has 2 amide bonds. The van der Waals surface area contributed by atoms with Gasteiger partial charge in [-0.25, -0.2) is 9.78 Å². The zero-order valence-corrected chi connectivity index (χ0v) is 19.8. The molecule has 8 nitrogen and oxygen atoms in total. The third-order valence-corrected chi connectivity index (χ3v) is 5.61. The van der Waals surface area contributed by atoms with Crippen LogP contribution in [0, 0.1) is 5.92 Å². The number of hydrogen-bond acceptors (Lipinski definition) is 7. The Labute approximate surface area is 196 Å². The van der Waals surface area contributed by atoms with E-state index in [1.165, 1.54) is 11.3 Å². The summed E-state index contributed by atoms with van der Waals surface area (Å²) in [5.41, 5.74) is 2.38. The summed E-state index contributed by atoms with van der Waals surface area (Å²) in [6.45, 7) is 3.82. The number of benzene rings is 2. The standard InChI is InChI=1S/C24H27N3O5S/c1-15(2)21(26-24(29)32-13-16-8-6-5-7-9-16)22(28)27-23-25-18(14-33-23)17-10-11-19(30-3)20(12-17)31-4/h5-12,14-15,21H,13H2,1-4H3,(H,26,29)(H,25,27,28)/t21-/m0/s1. The molecule has 33 heavy (non-hydrogen) atoms. The average Bonchev–Trinajstić information content (AvgIpc) is 3.29. The maximum absolute atomic E-state index is 12.8. The Morgan fingerprint density at radius 3 is 2.42 bits per heavy atom. The predicted molar refractivity (Wildman–Crippen MR) is 128 cm³/mol. The van der Waals surface area contributed by atoms with Crippen molar-refractivity contribution in [3.63, 3.8) is 0 Å². The molecule has 0 unspecified atom stereocenters. The Balaban J connectivity index is 1.62. The molecule has 0 aliphatic rings. The van der Waals surface area contributed by atoms with E-state index in [1.807, 2.05) is 61.7 Å². The van der Waals surface area contributed by atoms with Gasteiger partial charge >= 0.3 is 6.09 Å². The van der Waals surface area contributed by atoms with Crippen LogP contribution in [-0.2, 0) is 16.1 Å². The first-order valence-corrected chi connectivity index (χ1v) is 11.2. The zero-order valence-electron chi connectivity index (χ0n) is 19.0. The molecule has 0 spiro atoms. The molecular weight excluding hydrogens is 442 g/mol. The molecule has 9 heteroatoms. The van der Waals surface area contributed by atoms with E-state index < -0.39 is 12.1 Å². The number of carbonyl (C=O) groups is 2. The lowest BCUT2D eigenvalue weighted by atomic mass is 10.0. The fourth-order valence-corrected chi connectivity index (χ4v) is 3.79. The first-order chi connectivity index (χ1) is 15.9. The van der Waals surface area contributed by atoms with Crippen molar-refractivity contribution in [2.75, 3.05) is 19.5 Å². The number of anilines is 1. The SMILES string of the molecule is COc1ccc(-c2csc(NC(=O)[C@@H](NC(=O)OCc3ccccc3)C(C)C)n2)cc1OC. The lowest BCUT2D eigenvalue weighted by molar-refractivity contribution is -0.119. The fourth-order valence-electron chi connectivity index (χ4n) is 3.07. The normalized spacial score (nSPS) is 11.5. The second-order valence-corrected chi connectivity index (χ2v) is 8.38. The van der Waals surface area contributed by atoms with E-state index in [2.05, 4.69) is 15.6 Å². The van der Waals surface area contributed by atoms with Crippen molar-refractivity contribution in [1.82, 2.24) is 10.3 Å². The molecule has 0 aliphatic carbocycles. The third kappa shape index (κ3) is 6.45. The highest BCUT2D eigenvalue weighted by Gasteiger charge is 2.26. The Bertz CT molecular complexity index is 1080. The highest BCUT2D eigenvalue weighted by Crippen LogP contribution is 2.33. The minimum Gasteiger partial charge on any atom is -0.493 e. The molecule has 0 saturated heterocycles. The molecule has 0 aliphatic heterocycles. The van der Waals surface area contributed by atoms with Gasteiger partial charge in [-0.1, -0.05) is 44.2 Å². The van der Waals surface area contributed by atoms with E-state index in [-0.39, 0.29) is 18.4 Å². The molecule has 0 saturated carbocycles. The van der Waals surface area contributed by atoms with Gasteiger partial charge in [-0.2, -0.15) is 0 Å². The zero-order chi connectivity index (χ0) is 23.8. The summed E-state index contributed by atoms with van der Waals surface area (Å²) in [5, 5.41) is 7.69. The van der Waals surface area contributed by atoms with Gasteiger partial charge in [0.15, 0.2) is 16.6 Å². The van der Waals surface area contributed by atoms with Crippen molar-refractivity contribution in [3.8, 4) is 22.8 Å². The van der Waals surface area contributed by atoms with Gasteiger partial charge in [-0.3, -0.25) is 4.79 Å². The van der Waals surface area contributed by atoms with Crippen molar-refractivity contribution >= 4 is 28.5 Å². The Morgan fingerprint density at radius 1 is 1.03 bits per heavy atom. The number of alkyl carbamates (subject to hydrolysis) is 1. The quantitative estimate of drug-likeness (QED) is 0.471. The molecule has 3 rings (SSSR count). The molecule has 1 aromatic heterocycles. The smallest absolute Gasteiger partial charge is 0.408 e. The Hall–Kier alpha value is -3.59. The Kier molecular flexibility index (Phi) is 8.26. The number of nitrogens with zero attached hydrogens (tertiary/aromatic N) is 1. The number of amides is 2. The van der Waals surface area contributed by atoms with Gasteiger partial charge in [0.25, 0.3) is 0 Å². The van der Waals surface area contributed by atoms with Crippen LogP contribution >= 0.6 is 11.3 Å². The number of rotatable bonds is 9. The second-order valence-electron chi connectivity index (χ2n) is 7.52. The summed E-state index contributed by atoms with van der Waals surface area (Å²) >= 11 is 1.29. The lowest BCUT2D eigenvalue weighted by Gasteiger charge is -2.20. The maximum atomic E-state index is 12.8. The lowest BCUT2D eigenvalue weighted by Crippen LogP contribution is -2.47. The molecular formula is C24H27N3O5S. The molecule has 174 valence electrons. The average molecular weight is 470 g/mol. The first-order valence-electron chi connectivity index (χ1n) is 10.4. The number of methoxy groups -OCH3 is 2. The van der Waals surface area contributed by atoms with E-state index in [9.17, 15) is 9.59 Å². The number of carbonyl (C=O) groups excluding carboxylic acids is 2. The fraction of sp³-hybridized carbons (Fsp3) is 0.292. The van der Waals surface area contributed by atoms with Crippen molar-refractivity contribution in [3.05, 3.63) is 59.5 Å². The van der Waals surface area contributed by atoms with Crippen LogP contribution < -0.4 is 20.1 Å². The van der Waals surface area contributed by atoms with Crippen molar-refractivity contribution in [2.45, 2.75) is 26.5 Å². The maximum Gasteiger partial charge on any atom is 0.408 e. The topological polar surface area (TPSA) is 98.8 Å². The number of thiazole rings is 1. The van der Waals surface area contributed by atoms with Gasteiger partial charge in [-0.15, -0.1) is 11.3 Å². The third-order valence-electron chi connectivity index (χ3n) is 4.85.